The topological polar surface area (TPSA) is 71.0 Å². The first-order valence-electron chi connectivity index (χ1n) is 9.19. The summed E-state index contributed by atoms with van der Waals surface area (Å²) in [5, 5.41) is 3.63. The molecule has 1 aliphatic heterocycles. The van der Waals surface area contributed by atoms with Gasteiger partial charge in [-0.25, -0.2) is 9.97 Å². The average molecular weight is 401 g/mol. The van der Waals surface area contributed by atoms with Crippen molar-refractivity contribution in [3.05, 3.63) is 60.3 Å². The van der Waals surface area contributed by atoms with Crippen LogP contribution in [0.15, 0.2) is 49.1 Å². The lowest BCUT2D eigenvalue weighted by molar-refractivity contribution is -0.137. The molecule has 0 radical (unpaired) electrons. The van der Waals surface area contributed by atoms with Gasteiger partial charge in [-0.15, -0.1) is 0 Å². The summed E-state index contributed by atoms with van der Waals surface area (Å²) < 4.78 is 39.0. The van der Waals surface area contributed by atoms with Crippen molar-refractivity contribution in [3.63, 3.8) is 0 Å². The molecule has 1 fully saturated rings. The molecule has 2 aromatic heterocycles. The Kier molecular flexibility index (Phi) is 5.04. The molecule has 1 saturated heterocycles. The van der Waals surface area contributed by atoms with Crippen molar-refractivity contribution in [1.82, 2.24) is 20.3 Å². The van der Waals surface area contributed by atoms with Crippen molar-refractivity contribution in [3.8, 4) is 0 Å². The fraction of sp³-hybridized carbons (Fsp3) is 0.300. The Bertz CT molecular complexity index is 1030. The minimum absolute atomic E-state index is 0.0936. The van der Waals surface area contributed by atoms with Crippen molar-refractivity contribution < 1.29 is 18.0 Å². The molecular formula is C20H18F3N5O. The Hall–Kier alpha value is -3.23. The zero-order chi connectivity index (χ0) is 20.4. The van der Waals surface area contributed by atoms with Crippen molar-refractivity contribution >= 4 is 22.5 Å². The minimum Gasteiger partial charge on any atom is -0.369 e. The SMILES string of the molecule is O=C(NC1CCCN(c2ccnc3cc(C(F)(F)F)ccc23)C1)c1ccncn1. The number of carbonyl (C=O) groups is 1. The maximum absolute atomic E-state index is 13.0. The van der Waals surface area contributed by atoms with Crippen LogP contribution < -0.4 is 10.2 Å². The Labute approximate surface area is 164 Å². The van der Waals surface area contributed by atoms with Crippen LogP contribution in [0.3, 0.4) is 0 Å². The average Bonchev–Trinajstić information content (AvgIpc) is 2.73. The van der Waals surface area contributed by atoms with Crippen LogP contribution in [-0.2, 0) is 6.18 Å². The Morgan fingerprint density at radius 3 is 2.76 bits per heavy atom. The molecular weight excluding hydrogens is 383 g/mol. The van der Waals surface area contributed by atoms with Crippen molar-refractivity contribution in [2.45, 2.75) is 25.1 Å². The summed E-state index contributed by atoms with van der Waals surface area (Å²) in [6, 6.07) is 6.85. The van der Waals surface area contributed by atoms with E-state index in [0.717, 1.165) is 37.2 Å². The van der Waals surface area contributed by atoms with Crippen LogP contribution in [-0.4, -0.2) is 40.0 Å². The molecule has 29 heavy (non-hydrogen) atoms. The first-order chi connectivity index (χ1) is 13.9. The fourth-order valence-corrected chi connectivity index (χ4v) is 3.58. The number of aromatic nitrogens is 3. The Morgan fingerprint density at radius 2 is 2.00 bits per heavy atom. The smallest absolute Gasteiger partial charge is 0.369 e. The summed E-state index contributed by atoms with van der Waals surface area (Å²) in [7, 11) is 0. The number of nitrogens with zero attached hydrogens (tertiary/aromatic N) is 4. The van der Waals surface area contributed by atoms with Gasteiger partial charge in [0.2, 0.25) is 0 Å². The van der Waals surface area contributed by atoms with Gasteiger partial charge in [0.25, 0.3) is 5.91 Å². The molecule has 0 spiro atoms. The second-order valence-electron chi connectivity index (χ2n) is 6.91. The lowest BCUT2D eigenvalue weighted by Gasteiger charge is -2.35. The van der Waals surface area contributed by atoms with Crippen LogP contribution in [0.2, 0.25) is 0 Å². The summed E-state index contributed by atoms with van der Waals surface area (Å²) in [4.78, 5) is 26.3. The number of halogens is 3. The van der Waals surface area contributed by atoms with E-state index in [2.05, 4.69) is 25.2 Å². The maximum Gasteiger partial charge on any atom is 0.416 e. The van der Waals surface area contributed by atoms with Crippen molar-refractivity contribution in [2.75, 3.05) is 18.0 Å². The zero-order valence-electron chi connectivity index (χ0n) is 15.4. The molecule has 1 amide bonds. The lowest BCUT2D eigenvalue weighted by atomic mass is 10.0. The molecule has 9 heteroatoms. The molecule has 1 unspecified atom stereocenters. The third-order valence-electron chi connectivity index (χ3n) is 4.96. The van der Waals surface area contributed by atoms with Gasteiger partial charge in [0.1, 0.15) is 12.0 Å². The monoisotopic (exact) mass is 401 g/mol. The quantitative estimate of drug-likeness (QED) is 0.728. The summed E-state index contributed by atoms with van der Waals surface area (Å²) >= 11 is 0. The van der Waals surface area contributed by atoms with Gasteiger partial charge in [-0.1, -0.05) is 6.07 Å². The predicted molar refractivity (Wildman–Crippen MR) is 101 cm³/mol. The van der Waals surface area contributed by atoms with Crippen molar-refractivity contribution in [2.24, 2.45) is 0 Å². The van der Waals surface area contributed by atoms with Gasteiger partial charge < -0.3 is 10.2 Å². The van der Waals surface area contributed by atoms with Gasteiger partial charge in [-0.05, 0) is 37.1 Å². The van der Waals surface area contributed by atoms with Crippen LogP contribution in [0.1, 0.15) is 28.9 Å². The van der Waals surface area contributed by atoms with Gasteiger partial charge in [0.05, 0.1) is 11.1 Å². The molecule has 6 nitrogen and oxygen atoms in total. The first kappa shape index (κ1) is 19.1. The van der Waals surface area contributed by atoms with Crippen LogP contribution in [0.5, 0.6) is 0 Å². The van der Waals surface area contributed by atoms with E-state index in [1.165, 1.54) is 24.8 Å². The van der Waals surface area contributed by atoms with Crippen molar-refractivity contribution in [1.29, 1.82) is 0 Å². The predicted octanol–water partition coefficient (Wildman–Crippen LogP) is 3.44. The molecule has 0 aliphatic carbocycles. The number of benzene rings is 1. The molecule has 4 rings (SSSR count). The van der Waals surface area contributed by atoms with E-state index in [-0.39, 0.29) is 11.9 Å². The van der Waals surface area contributed by atoms with Gasteiger partial charge in [-0.3, -0.25) is 9.78 Å². The van der Waals surface area contributed by atoms with Gasteiger partial charge in [-0.2, -0.15) is 13.2 Å². The van der Waals surface area contributed by atoms with E-state index in [1.807, 2.05) is 0 Å². The largest absolute Gasteiger partial charge is 0.416 e. The van der Waals surface area contributed by atoms with Gasteiger partial charge in [0.15, 0.2) is 0 Å². The number of fused-ring (bicyclic) bond motifs is 1. The number of pyridine rings is 1. The number of anilines is 1. The molecule has 1 N–H and O–H groups in total. The fourth-order valence-electron chi connectivity index (χ4n) is 3.58. The third-order valence-corrected chi connectivity index (χ3v) is 4.96. The number of nitrogens with one attached hydrogen (secondary N) is 1. The highest BCUT2D eigenvalue weighted by Crippen LogP contribution is 2.34. The molecule has 3 aromatic rings. The second kappa shape index (κ2) is 7.65. The summed E-state index contributed by atoms with van der Waals surface area (Å²) in [5.74, 6) is -0.270. The molecule has 3 heterocycles. The Balaban J connectivity index is 1.55. The summed E-state index contributed by atoms with van der Waals surface area (Å²) in [6.45, 7) is 1.30. The number of rotatable bonds is 3. The number of amides is 1. The van der Waals surface area contributed by atoms with Crippen LogP contribution in [0.4, 0.5) is 18.9 Å². The minimum atomic E-state index is -4.41. The highest BCUT2D eigenvalue weighted by molar-refractivity contribution is 5.93. The van der Waals surface area contributed by atoms with Crippen LogP contribution >= 0.6 is 0 Å². The first-order valence-corrected chi connectivity index (χ1v) is 9.19. The molecule has 150 valence electrons. The molecule has 1 aliphatic rings. The van der Waals surface area contributed by atoms with E-state index in [4.69, 9.17) is 0 Å². The van der Waals surface area contributed by atoms with Gasteiger partial charge in [0, 0.05) is 42.6 Å². The van der Waals surface area contributed by atoms with Crippen LogP contribution in [0, 0.1) is 0 Å². The zero-order valence-corrected chi connectivity index (χ0v) is 15.4. The van der Waals surface area contributed by atoms with E-state index in [1.54, 1.807) is 12.1 Å². The molecule has 1 aromatic carbocycles. The molecule has 1 atom stereocenters. The summed E-state index contributed by atoms with van der Waals surface area (Å²) in [5.41, 5.74) is 0.684. The lowest BCUT2D eigenvalue weighted by Crippen LogP contribution is -2.48. The van der Waals surface area contributed by atoms with E-state index >= 15 is 0 Å². The molecule has 0 bridgehead atoms. The van der Waals surface area contributed by atoms with Gasteiger partial charge >= 0.3 is 6.18 Å². The summed E-state index contributed by atoms with van der Waals surface area (Å²) in [6.07, 6.45) is 1.59. The maximum atomic E-state index is 13.0. The number of alkyl halides is 3. The number of piperidine rings is 1. The number of hydrogen-bond donors (Lipinski definition) is 1. The van der Waals surface area contributed by atoms with E-state index in [0.29, 0.717) is 23.1 Å². The standard InChI is InChI=1S/C20H18F3N5O/c21-20(22,23)13-3-4-15-17(10-13)25-8-6-18(15)28-9-1-2-14(11-28)27-19(29)16-5-7-24-12-26-16/h3-8,10,12,14H,1-2,9,11H2,(H,27,29). The molecule has 0 saturated carbocycles. The number of carbonyl (C=O) groups excluding carboxylic acids is 1. The Morgan fingerprint density at radius 1 is 1.14 bits per heavy atom. The van der Waals surface area contributed by atoms with Crippen LogP contribution in [0.25, 0.3) is 10.9 Å². The highest BCUT2D eigenvalue weighted by atomic mass is 19.4. The van der Waals surface area contributed by atoms with E-state index in [9.17, 15) is 18.0 Å². The third kappa shape index (κ3) is 4.13. The second-order valence-corrected chi connectivity index (χ2v) is 6.91. The van der Waals surface area contributed by atoms with E-state index < -0.39 is 11.7 Å². The number of hydrogen-bond acceptors (Lipinski definition) is 5. The highest BCUT2D eigenvalue weighted by Gasteiger charge is 2.31. The normalized spacial score (nSPS) is 17.3.